The van der Waals surface area contributed by atoms with Crippen LogP contribution in [-0.4, -0.2) is 5.75 Å². The van der Waals surface area contributed by atoms with Crippen molar-refractivity contribution in [1.82, 2.24) is 0 Å². The summed E-state index contributed by atoms with van der Waals surface area (Å²) in [5, 5.41) is 2.12. The van der Waals surface area contributed by atoms with Crippen molar-refractivity contribution in [2.45, 2.75) is 0 Å². The molecule has 0 saturated heterocycles. The van der Waals surface area contributed by atoms with E-state index < -0.39 is 0 Å². The molecule has 0 amide bonds. The highest BCUT2D eigenvalue weighted by atomic mass is 33.5. The lowest BCUT2D eigenvalue weighted by atomic mass is 10.7. The van der Waals surface area contributed by atoms with Crippen molar-refractivity contribution in [3.05, 3.63) is 10.3 Å². The van der Waals surface area contributed by atoms with Gasteiger partial charge >= 0.3 is 0 Å². The van der Waals surface area contributed by atoms with Crippen LogP contribution >= 0.6 is 44.0 Å². The molecule has 1 aliphatic rings. The second kappa shape index (κ2) is 2.62. The van der Waals surface area contributed by atoms with Crippen molar-refractivity contribution in [2.24, 2.45) is 0 Å². The lowest BCUT2D eigenvalue weighted by Gasteiger charge is -1.95. The van der Waals surface area contributed by atoms with Crippen LogP contribution in [0.15, 0.2) is 10.3 Å². The molecule has 42 valence electrons. The van der Waals surface area contributed by atoms with E-state index in [-0.39, 0.29) is 8.96 Å². The predicted molar refractivity (Wildman–Crippen MR) is 47.5 cm³/mol. The molecule has 7 heavy (non-hydrogen) atoms. The fourth-order valence-corrected chi connectivity index (χ4v) is 4.94. The van der Waals surface area contributed by atoms with Gasteiger partial charge in [-0.15, -0.1) is 33.2 Å². The molecule has 4 heteroatoms. The summed E-state index contributed by atoms with van der Waals surface area (Å²) in [5.41, 5.74) is 0. The fourth-order valence-electron chi connectivity index (χ4n) is 0.334. The quantitative estimate of drug-likeness (QED) is 0.370. The Morgan fingerprint density at radius 1 is 1.86 bits per heavy atom. The summed E-state index contributed by atoms with van der Waals surface area (Å²) in [6.07, 6.45) is 0. The normalized spacial score (nSPS) is 35.7. The Morgan fingerprint density at radius 3 is 2.71 bits per heavy atom. The van der Waals surface area contributed by atoms with Crippen LogP contribution in [0.25, 0.3) is 0 Å². The lowest BCUT2D eigenvalue weighted by molar-refractivity contribution is 1.79. The average Bonchev–Trinajstić information content (AvgIpc) is 1.87. The number of thiol groups is 3. The Kier molecular flexibility index (Phi) is 2.34. The van der Waals surface area contributed by atoms with E-state index in [9.17, 15) is 0 Å². The second-order valence-corrected chi connectivity index (χ2v) is 7.24. The summed E-state index contributed by atoms with van der Waals surface area (Å²) in [4.78, 5) is 1.19. The van der Waals surface area contributed by atoms with Gasteiger partial charge in [-0.25, -0.2) is 0 Å². The first kappa shape index (κ1) is 6.26. The van der Waals surface area contributed by atoms with Crippen LogP contribution < -0.4 is 0 Å². The highest BCUT2D eigenvalue weighted by Gasteiger charge is 2.04. The van der Waals surface area contributed by atoms with Crippen molar-refractivity contribution < 1.29 is 0 Å². The minimum atomic E-state index is -0.132. The molecule has 1 aliphatic heterocycles. The third-order valence-corrected chi connectivity index (χ3v) is 5.43. The summed E-state index contributed by atoms with van der Waals surface area (Å²) >= 11 is 8.41. The van der Waals surface area contributed by atoms with E-state index in [4.69, 9.17) is 0 Å². The van der Waals surface area contributed by atoms with E-state index in [2.05, 4.69) is 29.7 Å². The largest absolute Gasteiger partial charge is 0.146 e. The first-order valence-electron chi connectivity index (χ1n) is 1.80. The minimum Gasteiger partial charge on any atom is -0.146 e. The summed E-state index contributed by atoms with van der Waals surface area (Å²) in [6.45, 7) is 0. The average molecular weight is 170 g/mol. The maximum Gasteiger partial charge on any atom is 0.0344 e. The van der Waals surface area contributed by atoms with Gasteiger partial charge in [0.15, 0.2) is 0 Å². The smallest absolute Gasteiger partial charge is 0.0344 e. The number of hydrogen-bond acceptors (Lipinski definition) is 3. The maximum atomic E-state index is 4.25. The molecule has 0 aromatic carbocycles. The molecule has 0 radical (unpaired) electrons. The van der Waals surface area contributed by atoms with Crippen molar-refractivity contribution in [2.75, 3.05) is 5.75 Å². The van der Waals surface area contributed by atoms with Gasteiger partial charge in [0.25, 0.3) is 0 Å². The van der Waals surface area contributed by atoms with E-state index in [1.165, 1.54) is 4.91 Å². The molecule has 0 bridgehead atoms. The van der Waals surface area contributed by atoms with Crippen LogP contribution in [0.5, 0.6) is 0 Å². The SMILES string of the molecule is SC1=C[SH](S)SC1. The molecule has 0 nitrogen and oxygen atoms in total. The van der Waals surface area contributed by atoms with Crippen molar-refractivity contribution in [3.8, 4) is 0 Å². The van der Waals surface area contributed by atoms with Gasteiger partial charge in [-0.05, 0) is 10.3 Å². The van der Waals surface area contributed by atoms with Gasteiger partial charge in [0.1, 0.15) is 0 Å². The molecular weight excluding hydrogens is 164 g/mol. The fraction of sp³-hybridized carbons (Fsp3) is 0.333. The van der Waals surface area contributed by atoms with Crippen molar-refractivity contribution >= 4 is 44.0 Å². The third kappa shape index (κ3) is 1.83. The van der Waals surface area contributed by atoms with Crippen LogP contribution in [0.1, 0.15) is 0 Å². The van der Waals surface area contributed by atoms with Crippen LogP contribution in [0.3, 0.4) is 0 Å². The molecular formula is C3H6S4. The molecule has 1 atom stereocenters. The Morgan fingerprint density at radius 2 is 2.57 bits per heavy atom. The Balaban J connectivity index is 2.50. The van der Waals surface area contributed by atoms with Gasteiger partial charge in [-0.2, -0.15) is 0 Å². The standard InChI is InChI=1S/C3H6S4/c4-3-1-6-7(5)2-3/h2,4-5,7H,1H2. The van der Waals surface area contributed by atoms with Gasteiger partial charge in [0.05, 0.1) is 0 Å². The van der Waals surface area contributed by atoms with E-state index in [0.29, 0.717) is 0 Å². The zero-order valence-corrected chi connectivity index (χ0v) is 7.03. The van der Waals surface area contributed by atoms with Crippen LogP contribution in [0.4, 0.5) is 0 Å². The van der Waals surface area contributed by atoms with E-state index >= 15 is 0 Å². The van der Waals surface area contributed by atoms with Gasteiger partial charge < -0.3 is 0 Å². The van der Waals surface area contributed by atoms with E-state index in [1.807, 2.05) is 10.8 Å². The van der Waals surface area contributed by atoms with E-state index in [0.717, 1.165) is 5.75 Å². The van der Waals surface area contributed by atoms with Crippen LogP contribution in [-0.2, 0) is 0 Å². The zero-order chi connectivity index (χ0) is 5.28. The van der Waals surface area contributed by atoms with Crippen molar-refractivity contribution in [1.29, 1.82) is 0 Å². The molecule has 0 aromatic heterocycles. The van der Waals surface area contributed by atoms with Gasteiger partial charge in [-0.1, -0.05) is 10.8 Å². The number of rotatable bonds is 0. The molecule has 1 rings (SSSR count). The molecule has 0 N–H and O–H groups in total. The Hall–Kier alpha value is 1.14. The second-order valence-electron chi connectivity index (χ2n) is 1.20. The number of hydrogen-bond donors (Lipinski definition) is 3. The van der Waals surface area contributed by atoms with Crippen LogP contribution in [0, 0.1) is 0 Å². The van der Waals surface area contributed by atoms with Gasteiger partial charge in [0, 0.05) is 5.75 Å². The predicted octanol–water partition coefficient (Wildman–Crippen LogP) is 2.27. The summed E-state index contributed by atoms with van der Waals surface area (Å²) in [6, 6.07) is 0. The zero-order valence-electron chi connectivity index (χ0n) is 3.53. The monoisotopic (exact) mass is 170 g/mol. The molecule has 0 saturated carbocycles. The lowest BCUT2D eigenvalue weighted by Crippen LogP contribution is -1.61. The summed E-state index contributed by atoms with van der Waals surface area (Å²) in [7, 11) is 1.73. The minimum absolute atomic E-state index is 0.132. The first-order chi connectivity index (χ1) is 3.29. The van der Waals surface area contributed by atoms with Crippen LogP contribution in [0.2, 0.25) is 0 Å². The molecule has 1 heterocycles. The highest BCUT2D eigenvalue weighted by Crippen LogP contribution is 2.52. The Bertz CT molecular complexity index is 97.1. The maximum absolute atomic E-state index is 4.25. The molecule has 0 aromatic rings. The van der Waals surface area contributed by atoms with Gasteiger partial charge in [-0.3, -0.25) is 0 Å². The van der Waals surface area contributed by atoms with E-state index in [1.54, 1.807) is 0 Å². The topological polar surface area (TPSA) is 0 Å². The van der Waals surface area contributed by atoms with Gasteiger partial charge in [0.2, 0.25) is 0 Å². The molecule has 0 aliphatic carbocycles. The molecule has 0 fully saturated rings. The summed E-state index contributed by atoms with van der Waals surface area (Å²) in [5.74, 6) is 1.07. The molecule has 1 unspecified atom stereocenters. The van der Waals surface area contributed by atoms with Crippen molar-refractivity contribution in [3.63, 3.8) is 0 Å². The Labute approximate surface area is 60.1 Å². The third-order valence-electron chi connectivity index (χ3n) is 0.604. The summed E-state index contributed by atoms with van der Waals surface area (Å²) < 4.78 is 0. The first-order valence-corrected chi connectivity index (χ1v) is 6.40. The highest BCUT2D eigenvalue weighted by molar-refractivity contribution is 9.14. The molecule has 0 spiro atoms.